The fourth-order valence-corrected chi connectivity index (χ4v) is 4.24. The number of benzene rings is 2. The molecule has 0 amide bonds. The SMILES string of the molecule is Cc1sc2c(-c3ccccc3)c(-c3ccc(Cl)cc3)cn2c1C. The van der Waals surface area contributed by atoms with Crippen molar-refractivity contribution in [2.24, 2.45) is 0 Å². The molecule has 0 aliphatic rings. The number of hydrogen-bond donors (Lipinski definition) is 0. The molecule has 2 aromatic heterocycles. The highest BCUT2D eigenvalue weighted by atomic mass is 35.5. The highest BCUT2D eigenvalue weighted by Gasteiger charge is 2.18. The molecule has 0 saturated heterocycles. The van der Waals surface area contributed by atoms with E-state index in [1.165, 1.54) is 37.7 Å². The molecule has 1 nitrogen and oxygen atoms in total. The molecule has 0 atom stereocenters. The van der Waals surface area contributed by atoms with Crippen molar-refractivity contribution >= 4 is 27.8 Å². The van der Waals surface area contributed by atoms with Crippen LogP contribution < -0.4 is 0 Å². The Morgan fingerprint density at radius 1 is 0.870 bits per heavy atom. The molecule has 23 heavy (non-hydrogen) atoms. The van der Waals surface area contributed by atoms with E-state index in [0.717, 1.165) is 5.02 Å². The number of fused-ring (bicyclic) bond motifs is 1. The van der Waals surface area contributed by atoms with Gasteiger partial charge in [0.05, 0.1) is 0 Å². The summed E-state index contributed by atoms with van der Waals surface area (Å²) in [5.74, 6) is 0. The summed E-state index contributed by atoms with van der Waals surface area (Å²) in [5.41, 5.74) is 6.31. The average molecular weight is 338 g/mol. The highest BCUT2D eigenvalue weighted by Crippen LogP contribution is 2.41. The van der Waals surface area contributed by atoms with Gasteiger partial charge in [-0.15, -0.1) is 11.3 Å². The average Bonchev–Trinajstić information content (AvgIpc) is 3.06. The minimum Gasteiger partial charge on any atom is -0.311 e. The maximum absolute atomic E-state index is 6.06. The van der Waals surface area contributed by atoms with Crippen molar-refractivity contribution in [3.63, 3.8) is 0 Å². The molecule has 0 N–H and O–H groups in total. The summed E-state index contributed by atoms with van der Waals surface area (Å²) in [4.78, 5) is 2.66. The van der Waals surface area contributed by atoms with Gasteiger partial charge in [-0.2, -0.15) is 0 Å². The lowest BCUT2D eigenvalue weighted by atomic mass is 9.99. The molecule has 0 saturated carbocycles. The molecule has 0 bridgehead atoms. The highest BCUT2D eigenvalue weighted by molar-refractivity contribution is 7.18. The second-order valence-corrected chi connectivity index (χ2v) is 7.35. The van der Waals surface area contributed by atoms with E-state index in [-0.39, 0.29) is 0 Å². The molecule has 4 aromatic rings. The van der Waals surface area contributed by atoms with Crippen LogP contribution in [-0.4, -0.2) is 4.40 Å². The largest absolute Gasteiger partial charge is 0.311 e. The summed E-state index contributed by atoms with van der Waals surface area (Å²) < 4.78 is 2.31. The molecule has 0 spiro atoms. The number of aromatic nitrogens is 1. The van der Waals surface area contributed by atoms with E-state index < -0.39 is 0 Å². The van der Waals surface area contributed by atoms with E-state index >= 15 is 0 Å². The van der Waals surface area contributed by atoms with Gasteiger partial charge in [0.25, 0.3) is 0 Å². The van der Waals surface area contributed by atoms with Gasteiger partial charge in [-0.1, -0.05) is 54.1 Å². The lowest BCUT2D eigenvalue weighted by Gasteiger charge is -2.05. The van der Waals surface area contributed by atoms with Crippen LogP contribution in [0.2, 0.25) is 5.02 Å². The van der Waals surface area contributed by atoms with E-state index in [0.29, 0.717) is 0 Å². The first-order valence-electron chi connectivity index (χ1n) is 7.57. The Bertz CT molecular complexity index is 978. The smallest absolute Gasteiger partial charge is 0.108 e. The van der Waals surface area contributed by atoms with Gasteiger partial charge in [0.1, 0.15) is 4.83 Å². The van der Waals surface area contributed by atoms with Gasteiger partial charge in [-0.05, 0) is 37.1 Å². The van der Waals surface area contributed by atoms with Crippen LogP contribution in [-0.2, 0) is 0 Å². The third-order valence-corrected chi connectivity index (χ3v) is 5.75. The fourth-order valence-electron chi connectivity index (χ4n) is 2.96. The standard InChI is InChI=1S/C20H16ClNS/c1-13-14(2)23-20-19(16-6-4-3-5-7-16)18(12-22(13)20)15-8-10-17(21)11-9-15/h3-12H,1-2H3. The Morgan fingerprint density at radius 3 is 2.26 bits per heavy atom. The third kappa shape index (κ3) is 2.39. The molecule has 0 fully saturated rings. The zero-order chi connectivity index (χ0) is 16.0. The topological polar surface area (TPSA) is 4.41 Å². The van der Waals surface area contributed by atoms with Crippen molar-refractivity contribution in [1.82, 2.24) is 4.40 Å². The van der Waals surface area contributed by atoms with Crippen LogP contribution >= 0.6 is 22.9 Å². The predicted molar refractivity (Wildman–Crippen MR) is 101 cm³/mol. The lowest BCUT2D eigenvalue weighted by molar-refractivity contribution is 1.12. The van der Waals surface area contributed by atoms with Crippen LogP contribution in [0.25, 0.3) is 27.1 Å². The Kier molecular flexibility index (Phi) is 3.51. The van der Waals surface area contributed by atoms with Crippen molar-refractivity contribution in [2.75, 3.05) is 0 Å². The fraction of sp³-hybridized carbons (Fsp3) is 0.100. The van der Waals surface area contributed by atoms with Crippen LogP contribution in [0.5, 0.6) is 0 Å². The number of aryl methyl sites for hydroxylation is 2. The molecule has 114 valence electrons. The third-order valence-electron chi connectivity index (χ3n) is 4.30. The molecule has 0 radical (unpaired) electrons. The number of hydrogen-bond acceptors (Lipinski definition) is 1. The molecule has 0 unspecified atom stereocenters. The zero-order valence-electron chi connectivity index (χ0n) is 13.0. The van der Waals surface area contributed by atoms with Gasteiger partial charge in [-0.3, -0.25) is 0 Å². The number of rotatable bonds is 2. The second kappa shape index (κ2) is 5.55. The summed E-state index contributed by atoms with van der Waals surface area (Å²) in [7, 11) is 0. The maximum atomic E-state index is 6.06. The molecular formula is C20H16ClNS. The summed E-state index contributed by atoms with van der Waals surface area (Å²) in [5, 5.41) is 0.767. The molecule has 3 heteroatoms. The van der Waals surface area contributed by atoms with Crippen LogP contribution in [0.15, 0.2) is 60.8 Å². The van der Waals surface area contributed by atoms with Gasteiger partial charge >= 0.3 is 0 Å². The second-order valence-electron chi connectivity index (χ2n) is 5.71. The van der Waals surface area contributed by atoms with Crippen molar-refractivity contribution < 1.29 is 0 Å². The molecule has 0 aliphatic carbocycles. The molecular weight excluding hydrogens is 322 g/mol. The minimum atomic E-state index is 0.767. The first-order chi connectivity index (χ1) is 11.1. The maximum Gasteiger partial charge on any atom is 0.108 e. The minimum absolute atomic E-state index is 0.767. The van der Waals surface area contributed by atoms with Crippen molar-refractivity contribution in [3.05, 3.63) is 76.4 Å². The molecule has 2 heterocycles. The van der Waals surface area contributed by atoms with Crippen LogP contribution in [0.4, 0.5) is 0 Å². The van der Waals surface area contributed by atoms with E-state index in [9.17, 15) is 0 Å². The first kappa shape index (κ1) is 14.6. The van der Waals surface area contributed by atoms with E-state index in [4.69, 9.17) is 11.6 Å². The van der Waals surface area contributed by atoms with Crippen molar-refractivity contribution in [3.8, 4) is 22.3 Å². The van der Waals surface area contributed by atoms with Crippen molar-refractivity contribution in [2.45, 2.75) is 13.8 Å². The van der Waals surface area contributed by atoms with E-state index in [2.05, 4.69) is 66.9 Å². The van der Waals surface area contributed by atoms with E-state index in [1.807, 2.05) is 23.5 Å². The van der Waals surface area contributed by atoms with Gasteiger partial charge in [0.15, 0.2) is 0 Å². The quantitative estimate of drug-likeness (QED) is 0.388. The summed E-state index contributed by atoms with van der Waals surface area (Å²) in [6, 6.07) is 18.7. The van der Waals surface area contributed by atoms with E-state index in [1.54, 1.807) is 0 Å². The Balaban J connectivity index is 2.05. The Labute approximate surface area is 144 Å². The predicted octanol–water partition coefficient (Wildman–Crippen LogP) is 6.61. The van der Waals surface area contributed by atoms with Crippen molar-refractivity contribution in [1.29, 1.82) is 0 Å². The summed E-state index contributed by atoms with van der Waals surface area (Å²) in [6.45, 7) is 4.36. The first-order valence-corrected chi connectivity index (χ1v) is 8.77. The van der Waals surface area contributed by atoms with Crippen LogP contribution in [0.1, 0.15) is 10.6 Å². The van der Waals surface area contributed by atoms with Crippen LogP contribution in [0.3, 0.4) is 0 Å². The van der Waals surface area contributed by atoms with Gasteiger partial charge in [0.2, 0.25) is 0 Å². The molecule has 2 aromatic carbocycles. The Morgan fingerprint density at radius 2 is 1.57 bits per heavy atom. The Hall–Kier alpha value is -2.03. The van der Waals surface area contributed by atoms with Gasteiger partial charge in [0, 0.05) is 32.9 Å². The zero-order valence-corrected chi connectivity index (χ0v) is 14.6. The summed E-state index contributed by atoms with van der Waals surface area (Å²) >= 11 is 7.91. The van der Waals surface area contributed by atoms with Gasteiger partial charge in [-0.25, -0.2) is 0 Å². The van der Waals surface area contributed by atoms with Crippen LogP contribution in [0, 0.1) is 13.8 Å². The summed E-state index contributed by atoms with van der Waals surface area (Å²) in [6.07, 6.45) is 2.25. The molecule has 4 rings (SSSR count). The monoisotopic (exact) mass is 337 g/mol. The number of thiazole rings is 1. The normalized spacial score (nSPS) is 11.3. The number of halogens is 1. The lowest BCUT2D eigenvalue weighted by Crippen LogP contribution is -1.81. The van der Waals surface area contributed by atoms with Gasteiger partial charge < -0.3 is 4.40 Å². The number of nitrogens with zero attached hydrogens (tertiary/aromatic N) is 1. The molecule has 0 aliphatic heterocycles.